The summed E-state index contributed by atoms with van der Waals surface area (Å²) in [5.74, 6) is 0.0832. The topological polar surface area (TPSA) is 35.5 Å². The van der Waals surface area contributed by atoms with E-state index in [1.807, 2.05) is 19.1 Å². The smallest absolute Gasteiger partial charge is 0.198 e. The van der Waals surface area contributed by atoms with Gasteiger partial charge in [0.05, 0.1) is 23.2 Å². The van der Waals surface area contributed by atoms with Crippen molar-refractivity contribution >= 4 is 17.1 Å². The SMILES string of the molecule is Cc1ccc(C(=O)COC2CC(C)OC(C)C2)s1. The molecule has 0 aliphatic carbocycles. The van der Waals surface area contributed by atoms with E-state index in [1.54, 1.807) is 0 Å². The van der Waals surface area contributed by atoms with Crippen molar-refractivity contribution in [2.45, 2.75) is 51.9 Å². The average molecular weight is 268 g/mol. The van der Waals surface area contributed by atoms with Crippen LogP contribution in [0.5, 0.6) is 0 Å². The van der Waals surface area contributed by atoms with E-state index in [-0.39, 0.29) is 30.7 Å². The van der Waals surface area contributed by atoms with Gasteiger partial charge in [0.2, 0.25) is 0 Å². The summed E-state index contributed by atoms with van der Waals surface area (Å²) in [5, 5.41) is 0. The first-order valence-electron chi connectivity index (χ1n) is 6.41. The van der Waals surface area contributed by atoms with E-state index in [0.717, 1.165) is 22.6 Å². The molecular formula is C14H20O3S. The minimum atomic E-state index is 0.0832. The van der Waals surface area contributed by atoms with Crippen LogP contribution in [0.3, 0.4) is 0 Å². The summed E-state index contributed by atoms with van der Waals surface area (Å²) in [6.07, 6.45) is 2.34. The summed E-state index contributed by atoms with van der Waals surface area (Å²) in [6.45, 7) is 6.29. The van der Waals surface area contributed by atoms with Crippen LogP contribution in [0.15, 0.2) is 12.1 Å². The number of Topliss-reactive ketones (excluding diaryl/α,β-unsaturated/α-hetero) is 1. The maximum Gasteiger partial charge on any atom is 0.198 e. The van der Waals surface area contributed by atoms with Gasteiger partial charge in [0.15, 0.2) is 5.78 Å². The second-order valence-corrected chi connectivity index (χ2v) is 6.28. The molecule has 3 nitrogen and oxygen atoms in total. The molecule has 0 spiro atoms. The van der Waals surface area contributed by atoms with Gasteiger partial charge in [-0.1, -0.05) is 0 Å². The maximum absolute atomic E-state index is 11.9. The van der Waals surface area contributed by atoms with Crippen molar-refractivity contribution in [3.05, 3.63) is 21.9 Å². The first-order valence-corrected chi connectivity index (χ1v) is 7.23. The van der Waals surface area contributed by atoms with Gasteiger partial charge < -0.3 is 9.47 Å². The van der Waals surface area contributed by atoms with Gasteiger partial charge in [-0.3, -0.25) is 4.79 Å². The molecule has 0 amide bonds. The monoisotopic (exact) mass is 268 g/mol. The number of ketones is 1. The Morgan fingerprint density at radius 1 is 1.39 bits per heavy atom. The van der Waals surface area contributed by atoms with Crippen LogP contribution in [0.4, 0.5) is 0 Å². The molecular weight excluding hydrogens is 248 g/mol. The standard InChI is InChI=1S/C14H20O3S/c1-9-6-12(7-10(2)17-9)16-8-13(15)14-5-4-11(3)18-14/h4-5,9-10,12H,6-8H2,1-3H3. The van der Waals surface area contributed by atoms with Crippen LogP contribution >= 0.6 is 11.3 Å². The largest absolute Gasteiger partial charge is 0.375 e. The van der Waals surface area contributed by atoms with E-state index in [9.17, 15) is 4.79 Å². The molecule has 1 aromatic rings. The molecule has 1 saturated heterocycles. The van der Waals surface area contributed by atoms with Gasteiger partial charge in [-0.25, -0.2) is 0 Å². The lowest BCUT2D eigenvalue weighted by atomic mass is 10.0. The summed E-state index contributed by atoms with van der Waals surface area (Å²) in [6, 6.07) is 3.84. The third-order valence-electron chi connectivity index (χ3n) is 3.12. The number of rotatable bonds is 4. The highest BCUT2D eigenvalue weighted by molar-refractivity contribution is 7.14. The van der Waals surface area contributed by atoms with Crippen molar-refractivity contribution < 1.29 is 14.3 Å². The molecule has 0 saturated carbocycles. The molecule has 1 aliphatic heterocycles. The number of carbonyl (C=O) groups is 1. The number of ether oxygens (including phenoxy) is 2. The minimum Gasteiger partial charge on any atom is -0.375 e. The Kier molecular flexibility index (Phi) is 4.54. The average Bonchev–Trinajstić information content (AvgIpc) is 2.71. The van der Waals surface area contributed by atoms with Crippen molar-refractivity contribution in [1.29, 1.82) is 0 Å². The van der Waals surface area contributed by atoms with Crippen LogP contribution in [0.25, 0.3) is 0 Å². The molecule has 1 fully saturated rings. The molecule has 0 radical (unpaired) electrons. The minimum absolute atomic E-state index is 0.0832. The number of carbonyl (C=O) groups excluding carboxylic acids is 1. The first kappa shape index (κ1) is 13.7. The predicted molar refractivity (Wildman–Crippen MR) is 72.4 cm³/mol. The molecule has 18 heavy (non-hydrogen) atoms. The van der Waals surface area contributed by atoms with Crippen LogP contribution in [0.1, 0.15) is 41.2 Å². The number of hydrogen-bond donors (Lipinski definition) is 0. The van der Waals surface area contributed by atoms with Crippen LogP contribution in [0.2, 0.25) is 0 Å². The molecule has 4 heteroatoms. The zero-order valence-corrected chi connectivity index (χ0v) is 12.0. The summed E-state index contributed by atoms with van der Waals surface area (Å²) in [5.41, 5.74) is 0. The Bertz CT molecular complexity index is 403. The predicted octanol–water partition coefficient (Wildman–Crippen LogP) is 3.21. The van der Waals surface area contributed by atoms with E-state index in [2.05, 4.69) is 13.8 Å². The van der Waals surface area contributed by atoms with E-state index < -0.39 is 0 Å². The molecule has 0 N–H and O–H groups in total. The van der Waals surface area contributed by atoms with Gasteiger partial charge in [-0.2, -0.15) is 0 Å². The lowest BCUT2D eigenvalue weighted by molar-refractivity contribution is -0.0974. The highest BCUT2D eigenvalue weighted by Gasteiger charge is 2.25. The molecule has 1 aromatic heterocycles. The third kappa shape index (κ3) is 3.64. The van der Waals surface area contributed by atoms with Gasteiger partial charge in [-0.15, -0.1) is 11.3 Å². The Morgan fingerprint density at radius 2 is 2.06 bits per heavy atom. The maximum atomic E-state index is 11.9. The molecule has 2 heterocycles. The molecule has 1 aliphatic rings. The molecule has 2 atom stereocenters. The summed E-state index contributed by atoms with van der Waals surface area (Å²) in [7, 11) is 0. The Morgan fingerprint density at radius 3 is 2.61 bits per heavy atom. The normalized spacial score (nSPS) is 28.3. The second kappa shape index (κ2) is 5.95. The summed E-state index contributed by atoms with van der Waals surface area (Å²) in [4.78, 5) is 13.9. The van der Waals surface area contributed by atoms with Gasteiger partial charge in [-0.05, 0) is 45.7 Å². The molecule has 100 valence electrons. The zero-order chi connectivity index (χ0) is 13.1. The number of thiophene rings is 1. The number of hydrogen-bond acceptors (Lipinski definition) is 4. The van der Waals surface area contributed by atoms with Gasteiger partial charge >= 0.3 is 0 Å². The lowest BCUT2D eigenvalue weighted by Gasteiger charge is -2.31. The van der Waals surface area contributed by atoms with Crippen molar-refractivity contribution in [2.75, 3.05) is 6.61 Å². The van der Waals surface area contributed by atoms with Crippen LogP contribution in [-0.4, -0.2) is 30.7 Å². The van der Waals surface area contributed by atoms with E-state index in [1.165, 1.54) is 11.3 Å². The lowest BCUT2D eigenvalue weighted by Crippen LogP contribution is -2.35. The molecule has 2 rings (SSSR count). The van der Waals surface area contributed by atoms with Crippen LogP contribution in [0, 0.1) is 6.92 Å². The Hall–Kier alpha value is -0.710. The first-order chi connectivity index (χ1) is 8.54. The van der Waals surface area contributed by atoms with Crippen molar-refractivity contribution in [3.63, 3.8) is 0 Å². The Balaban J connectivity index is 1.82. The van der Waals surface area contributed by atoms with E-state index >= 15 is 0 Å². The van der Waals surface area contributed by atoms with Gasteiger partial charge in [0.25, 0.3) is 0 Å². The second-order valence-electron chi connectivity index (χ2n) is 5.00. The quantitative estimate of drug-likeness (QED) is 0.787. The highest BCUT2D eigenvalue weighted by Crippen LogP contribution is 2.22. The van der Waals surface area contributed by atoms with Gasteiger partial charge in [0.1, 0.15) is 6.61 Å². The zero-order valence-electron chi connectivity index (χ0n) is 11.1. The van der Waals surface area contributed by atoms with Crippen LogP contribution < -0.4 is 0 Å². The fraction of sp³-hybridized carbons (Fsp3) is 0.643. The van der Waals surface area contributed by atoms with E-state index in [4.69, 9.17) is 9.47 Å². The molecule has 2 unspecified atom stereocenters. The van der Waals surface area contributed by atoms with E-state index in [0.29, 0.717) is 0 Å². The summed E-state index contributed by atoms with van der Waals surface area (Å²) >= 11 is 1.53. The van der Waals surface area contributed by atoms with Crippen molar-refractivity contribution in [1.82, 2.24) is 0 Å². The molecule has 0 aromatic carbocycles. The third-order valence-corrected chi connectivity index (χ3v) is 4.16. The number of aryl methyl sites for hydroxylation is 1. The van der Waals surface area contributed by atoms with Gasteiger partial charge in [0, 0.05) is 4.88 Å². The fourth-order valence-corrected chi connectivity index (χ4v) is 3.12. The molecule has 0 bridgehead atoms. The van der Waals surface area contributed by atoms with Crippen molar-refractivity contribution in [3.8, 4) is 0 Å². The Labute approximate surface area is 112 Å². The van der Waals surface area contributed by atoms with Crippen molar-refractivity contribution in [2.24, 2.45) is 0 Å². The highest BCUT2D eigenvalue weighted by atomic mass is 32.1. The van der Waals surface area contributed by atoms with Crippen LogP contribution in [-0.2, 0) is 9.47 Å². The summed E-state index contributed by atoms with van der Waals surface area (Å²) < 4.78 is 11.4. The fourth-order valence-electron chi connectivity index (χ4n) is 2.33.